The summed E-state index contributed by atoms with van der Waals surface area (Å²) in [6.45, 7) is 1.72. The summed E-state index contributed by atoms with van der Waals surface area (Å²) in [6, 6.07) is 14.0. The Morgan fingerprint density at radius 2 is 1.78 bits per heavy atom. The summed E-state index contributed by atoms with van der Waals surface area (Å²) in [5.74, 6) is -0.701. The lowest BCUT2D eigenvalue weighted by molar-refractivity contribution is -0.122. The van der Waals surface area contributed by atoms with E-state index < -0.39 is 0 Å². The number of thioether (sulfide) groups is 1. The lowest BCUT2D eigenvalue weighted by Crippen LogP contribution is -2.22. The van der Waals surface area contributed by atoms with Crippen LogP contribution in [0.15, 0.2) is 59.8 Å². The van der Waals surface area contributed by atoms with Crippen LogP contribution in [0.2, 0.25) is 0 Å². The molecular weight excluding hydrogens is 420 g/mol. The molecule has 1 aliphatic rings. The predicted octanol–water partition coefficient (Wildman–Crippen LogP) is 4.02. The first-order valence-electron chi connectivity index (χ1n) is 10.6. The van der Waals surface area contributed by atoms with Crippen LogP contribution in [-0.4, -0.2) is 41.2 Å². The smallest absolute Gasteiger partial charge is 0.259 e. The highest BCUT2D eigenvalue weighted by Gasteiger charge is 2.35. The van der Waals surface area contributed by atoms with E-state index in [1.165, 1.54) is 0 Å². The highest BCUT2D eigenvalue weighted by Crippen LogP contribution is 2.40. The van der Waals surface area contributed by atoms with Crippen LogP contribution in [0.4, 0.5) is 0 Å². The summed E-state index contributed by atoms with van der Waals surface area (Å²) in [4.78, 5) is 30.4. The molecule has 0 radical (unpaired) electrons. The van der Waals surface area contributed by atoms with Gasteiger partial charge in [0, 0.05) is 56.8 Å². The Balaban J connectivity index is 1.79. The summed E-state index contributed by atoms with van der Waals surface area (Å²) >= 11 is 1.65. The van der Waals surface area contributed by atoms with Crippen LogP contribution < -0.4 is 10.6 Å². The van der Waals surface area contributed by atoms with Gasteiger partial charge in [-0.15, -0.1) is 11.8 Å². The van der Waals surface area contributed by atoms with Crippen LogP contribution in [0.1, 0.15) is 17.5 Å². The molecule has 5 rings (SSSR count). The fraction of sp³-hybridized carbons (Fsp3) is 0.200. The van der Waals surface area contributed by atoms with Crippen molar-refractivity contribution in [3.8, 4) is 0 Å². The molecule has 2 aromatic heterocycles. The molecule has 0 saturated heterocycles. The van der Waals surface area contributed by atoms with Gasteiger partial charge in [-0.05, 0) is 44.5 Å². The van der Waals surface area contributed by atoms with E-state index in [1.54, 1.807) is 11.8 Å². The topological polar surface area (TPSA) is 78.9 Å². The van der Waals surface area contributed by atoms with E-state index in [2.05, 4.69) is 32.3 Å². The molecular formula is C25H24N4O2S. The van der Waals surface area contributed by atoms with E-state index in [9.17, 15) is 9.59 Å². The van der Waals surface area contributed by atoms with Gasteiger partial charge in [-0.2, -0.15) is 0 Å². The van der Waals surface area contributed by atoms with Crippen molar-refractivity contribution in [2.24, 2.45) is 0 Å². The number of aryl methyl sites for hydroxylation is 1. The molecule has 1 aliphatic heterocycles. The number of hydrogen-bond donors (Lipinski definition) is 3. The number of aromatic amines is 1. The van der Waals surface area contributed by atoms with Crippen LogP contribution in [0, 0.1) is 0 Å². The van der Waals surface area contributed by atoms with Gasteiger partial charge < -0.3 is 14.9 Å². The minimum atomic E-state index is -0.354. The molecule has 2 amide bonds. The van der Waals surface area contributed by atoms with Gasteiger partial charge in [0.1, 0.15) is 0 Å². The molecule has 0 bridgehead atoms. The van der Waals surface area contributed by atoms with Gasteiger partial charge in [-0.1, -0.05) is 24.3 Å². The van der Waals surface area contributed by atoms with Crippen molar-refractivity contribution in [3.63, 3.8) is 0 Å². The first-order chi connectivity index (χ1) is 15.6. The Hall–Kier alpha value is -3.29. The zero-order valence-corrected chi connectivity index (χ0v) is 18.8. The van der Waals surface area contributed by atoms with E-state index in [4.69, 9.17) is 0 Å². The fourth-order valence-electron chi connectivity index (χ4n) is 4.54. The predicted molar refractivity (Wildman–Crippen MR) is 131 cm³/mol. The van der Waals surface area contributed by atoms with Crippen molar-refractivity contribution in [2.45, 2.75) is 17.9 Å². The van der Waals surface area contributed by atoms with Gasteiger partial charge >= 0.3 is 0 Å². The standard InChI is InChI=1S/C25H24N4O2S/c1-26-11-6-12-29-14-17(21-19(29)9-5-10-20(21)32-2)23-22(24(30)28-25(23)31)16-13-27-18-8-4-3-7-15(16)18/h3-5,7-10,13-14,26-27H,6,11-12H2,1-2H3,(H,28,30,31). The number of para-hydroxylation sites is 1. The average Bonchev–Trinajstić information content (AvgIpc) is 3.47. The number of benzene rings is 2. The molecule has 0 aliphatic carbocycles. The van der Waals surface area contributed by atoms with Crippen molar-refractivity contribution in [1.29, 1.82) is 0 Å². The van der Waals surface area contributed by atoms with Crippen molar-refractivity contribution in [2.75, 3.05) is 19.8 Å². The van der Waals surface area contributed by atoms with Crippen molar-refractivity contribution in [1.82, 2.24) is 20.2 Å². The molecule has 0 unspecified atom stereocenters. The third-order valence-electron chi connectivity index (χ3n) is 5.97. The van der Waals surface area contributed by atoms with Gasteiger partial charge in [0.25, 0.3) is 11.8 Å². The monoisotopic (exact) mass is 444 g/mol. The number of carbonyl (C=O) groups excluding carboxylic acids is 2. The molecule has 162 valence electrons. The highest BCUT2D eigenvalue weighted by atomic mass is 32.2. The maximum absolute atomic E-state index is 13.1. The normalized spacial score (nSPS) is 14.2. The maximum Gasteiger partial charge on any atom is 0.259 e. The Morgan fingerprint density at radius 3 is 2.56 bits per heavy atom. The second kappa shape index (κ2) is 8.33. The number of amides is 2. The fourth-order valence-corrected chi connectivity index (χ4v) is 5.17. The van der Waals surface area contributed by atoms with Crippen LogP contribution in [0.3, 0.4) is 0 Å². The number of nitrogens with one attached hydrogen (secondary N) is 3. The Labute approximate surface area is 190 Å². The van der Waals surface area contributed by atoms with Crippen LogP contribution in [0.5, 0.6) is 0 Å². The summed E-state index contributed by atoms with van der Waals surface area (Å²) in [5.41, 5.74) is 4.42. The second-order valence-corrected chi connectivity index (χ2v) is 8.68. The number of rotatable bonds is 7. The number of nitrogens with zero attached hydrogens (tertiary/aromatic N) is 1. The van der Waals surface area contributed by atoms with Crippen LogP contribution in [-0.2, 0) is 16.1 Å². The SMILES string of the molecule is CNCCCn1cc(C2=C(c3c[nH]c4ccccc34)C(=O)NC2=O)c2c(SC)cccc21. The van der Waals surface area contributed by atoms with Crippen molar-refractivity contribution < 1.29 is 9.59 Å². The third kappa shape index (κ3) is 3.25. The number of aromatic nitrogens is 2. The first-order valence-corrected chi connectivity index (χ1v) is 11.8. The third-order valence-corrected chi connectivity index (χ3v) is 6.75. The van der Waals surface area contributed by atoms with Gasteiger partial charge in [-0.3, -0.25) is 14.9 Å². The highest BCUT2D eigenvalue weighted by molar-refractivity contribution is 7.98. The molecule has 3 N–H and O–H groups in total. The molecule has 32 heavy (non-hydrogen) atoms. The quantitative estimate of drug-likeness (QED) is 0.229. The van der Waals surface area contributed by atoms with Crippen molar-refractivity contribution in [3.05, 3.63) is 66.0 Å². The zero-order valence-electron chi connectivity index (χ0n) is 18.0. The zero-order chi connectivity index (χ0) is 22.2. The van der Waals surface area contributed by atoms with Gasteiger partial charge in [0.15, 0.2) is 0 Å². The molecule has 0 fully saturated rings. The molecule has 2 aromatic carbocycles. The average molecular weight is 445 g/mol. The molecule has 7 heteroatoms. The summed E-state index contributed by atoms with van der Waals surface area (Å²) in [6.07, 6.45) is 6.84. The van der Waals surface area contributed by atoms with Crippen molar-refractivity contribution >= 4 is 56.5 Å². The minimum Gasteiger partial charge on any atom is -0.361 e. The lowest BCUT2D eigenvalue weighted by Gasteiger charge is -2.06. The number of imide groups is 1. The summed E-state index contributed by atoms with van der Waals surface area (Å²) < 4.78 is 2.19. The van der Waals surface area contributed by atoms with Gasteiger partial charge in [0.05, 0.1) is 11.1 Å². The Bertz CT molecular complexity index is 1400. The van der Waals surface area contributed by atoms with Gasteiger partial charge in [-0.25, -0.2) is 0 Å². The molecule has 0 spiro atoms. The van der Waals surface area contributed by atoms with E-state index in [0.717, 1.165) is 57.3 Å². The summed E-state index contributed by atoms with van der Waals surface area (Å²) in [7, 11) is 1.94. The van der Waals surface area contributed by atoms with Crippen LogP contribution >= 0.6 is 11.8 Å². The number of fused-ring (bicyclic) bond motifs is 2. The molecule has 0 atom stereocenters. The Morgan fingerprint density at radius 1 is 1.00 bits per heavy atom. The summed E-state index contributed by atoms with van der Waals surface area (Å²) in [5, 5.41) is 7.67. The molecule has 0 saturated carbocycles. The number of hydrogen-bond acceptors (Lipinski definition) is 4. The van der Waals surface area contributed by atoms with E-state index in [-0.39, 0.29) is 11.8 Å². The van der Waals surface area contributed by atoms with E-state index >= 15 is 0 Å². The molecule has 6 nitrogen and oxygen atoms in total. The van der Waals surface area contributed by atoms with Crippen LogP contribution in [0.25, 0.3) is 33.0 Å². The number of carbonyl (C=O) groups is 2. The first kappa shape index (κ1) is 20.6. The largest absolute Gasteiger partial charge is 0.361 e. The number of H-pyrrole nitrogens is 1. The second-order valence-electron chi connectivity index (χ2n) is 7.83. The lowest BCUT2D eigenvalue weighted by atomic mass is 9.95. The van der Waals surface area contributed by atoms with E-state index in [1.807, 2.05) is 56.0 Å². The Kier molecular flexibility index (Phi) is 5.36. The minimum absolute atomic E-state index is 0.347. The molecule has 4 aromatic rings. The van der Waals surface area contributed by atoms with E-state index in [0.29, 0.717) is 11.1 Å². The molecule has 3 heterocycles. The maximum atomic E-state index is 13.1. The van der Waals surface area contributed by atoms with Gasteiger partial charge in [0.2, 0.25) is 0 Å².